The van der Waals surface area contributed by atoms with Crippen LogP contribution in [0.4, 0.5) is 4.79 Å². The Morgan fingerprint density at radius 1 is 1.20 bits per heavy atom. The lowest BCUT2D eigenvalue weighted by Crippen LogP contribution is -2.40. The van der Waals surface area contributed by atoms with E-state index in [2.05, 4.69) is 39.5 Å². The van der Waals surface area contributed by atoms with Crippen LogP contribution >= 0.6 is 0 Å². The summed E-state index contributed by atoms with van der Waals surface area (Å²) < 4.78 is 0. The van der Waals surface area contributed by atoms with E-state index in [0.717, 1.165) is 31.4 Å². The number of hydrogen-bond donors (Lipinski definition) is 2. The predicted octanol–water partition coefficient (Wildman–Crippen LogP) is 2.84. The van der Waals surface area contributed by atoms with Crippen LogP contribution in [0.15, 0.2) is 30.5 Å². The summed E-state index contributed by atoms with van der Waals surface area (Å²) in [5.74, 6) is 0.650. The largest absolute Gasteiger partial charge is 0.361 e. The van der Waals surface area contributed by atoms with E-state index in [9.17, 15) is 4.79 Å². The number of nitrogens with one attached hydrogen (secondary N) is 2. The zero-order valence-electron chi connectivity index (χ0n) is 14.8. The number of aromatic nitrogens is 1. The molecule has 2 N–H and O–H groups in total. The highest BCUT2D eigenvalue weighted by Crippen LogP contribution is 2.20. The Labute approximate surface area is 149 Å². The second kappa shape index (κ2) is 7.48. The molecule has 2 amide bonds. The number of fused-ring (bicyclic) bond motifs is 1. The zero-order valence-corrected chi connectivity index (χ0v) is 14.8. The number of rotatable bonds is 5. The van der Waals surface area contributed by atoms with Crippen LogP contribution < -0.4 is 5.32 Å². The molecule has 2 aliphatic rings. The van der Waals surface area contributed by atoms with Crippen LogP contribution in [0.5, 0.6) is 0 Å². The monoisotopic (exact) mass is 340 g/mol. The van der Waals surface area contributed by atoms with E-state index in [-0.39, 0.29) is 6.03 Å². The first-order valence-electron chi connectivity index (χ1n) is 9.60. The number of carbonyl (C=O) groups is 1. The molecule has 0 saturated carbocycles. The van der Waals surface area contributed by atoms with Gasteiger partial charge < -0.3 is 20.1 Å². The Hall–Kier alpha value is -2.01. The molecule has 0 spiro atoms. The van der Waals surface area contributed by atoms with Crippen molar-refractivity contribution in [2.45, 2.75) is 25.7 Å². The maximum absolute atomic E-state index is 12.4. The van der Waals surface area contributed by atoms with Gasteiger partial charge in [-0.1, -0.05) is 12.1 Å². The van der Waals surface area contributed by atoms with E-state index in [1.54, 1.807) is 0 Å². The number of nitrogens with zero attached hydrogens (tertiary/aromatic N) is 2. The number of benzene rings is 1. The second-order valence-electron chi connectivity index (χ2n) is 7.45. The number of hydrogen-bond acceptors (Lipinski definition) is 2. The molecule has 2 saturated heterocycles. The molecular weight excluding hydrogens is 312 g/mol. The Balaban J connectivity index is 1.23. The topological polar surface area (TPSA) is 51.4 Å². The van der Waals surface area contributed by atoms with E-state index < -0.39 is 0 Å². The van der Waals surface area contributed by atoms with Crippen molar-refractivity contribution in [2.75, 3.05) is 39.3 Å². The van der Waals surface area contributed by atoms with Crippen LogP contribution in [0.2, 0.25) is 0 Å². The van der Waals surface area contributed by atoms with E-state index >= 15 is 0 Å². The van der Waals surface area contributed by atoms with Crippen LogP contribution in [0.3, 0.4) is 0 Å². The third-order valence-electron chi connectivity index (χ3n) is 5.64. The molecule has 2 fully saturated rings. The number of aromatic amines is 1. The first-order valence-corrected chi connectivity index (χ1v) is 9.60. The standard InChI is InChI=1S/C20H28N4O/c25-20(24-13-8-16(15-24)14-23-11-1-2-12-23)22-9-6-17-4-3-5-19-18(17)7-10-21-19/h3-5,7,10,16,21H,1-2,6,8-9,11-15H2,(H,22,25)/t16-/m1/s1. The van der Waals surface area contributed by atoms with Crippen molar-refractivity contribution in [1.82, 2.24) is 20.1 Å². The molecule has 1 aromatic carbocycles. The van der Waals surface area contributed by atoms with Gasteiger partial charge in [0.05, 0.1) is 0 Å². The van der Waals surface area contributed by atoms with Gasteiger partial charge in [0.2, 0.25) is 0 Å². The maximum atomic E-state index is 12.4. The molecule has 3 heterocycles. The molecule has 25 heavy (non-hydrogen) atoms. The summed E-state index contributed by atoms with van der Waals surface area (Å²) in [4.78, 5) is 20.2. The highest BCUT2D eigenvalue weighted by Gasteiger charge is 2.28. The van der Waals surface area contributed by atoms with Gasteiger partial charge in [0.25, 0.3) is 0 Å². The Morgan fingerprint density at radius 2 is 2.08 bits per heavy atom. The minimum absolute atomic E-state index is 0.102. The molecule has 2 aromatic rings. The molecule has 0 bridgehead atoms. The Kier molecular flexibility index (Phi) is 4.92. The third kappa shape index (κ3) is 3.82. The van der Waals surface area contributed by atoms with Gasteiger partial charge in [-0.25, -0.2) is 4.79 Å². The average molecular weight is 340 g/mol. The number of urea groups is 1. The molecule has 5 heteroatoms. The minimum atomic E-state index is 0.102. The van der Waals surface area contributed by atoms with Gasteiger partial charge in [-0.05, 0) is 62.4 Å². The quantitative estimate of drug-likeness (QED) is 0.879. The van der Waals surface area contributed by atoms with Gasteiger partial charge in [0, 0.05) is 43.3 Å². The number of amides is 2. The maximum Gasteiger partial charge on any atom is 0.317 e. The zero-order chi connectivity index (χ0) is 17.1. The normalized spacial score (nSPS) is 21.3. The summed E-state index contributed by atoms with van der Waals surface area (Å²) >= 11 is 0. The van der Waals surface area contributed by atoms with Crippen molar-refractivity contribution in [1.29, 1.82) is 0 Å². The minimum Gasteiger partial charge on any atom is -0.361 e. The van der Waals surface area contributed by atoms with Gasteiger partial charge in [0.1, 0.15) is 0 Å². The lowest BCUT2D eigenvalue weighted by molar-refractivity contribution is 0.204. The van der Waals surface area contributed by atoms with E-state index in [1.165, 1.54) is 43.4 Å². The molecule has 2 aliphatic heterocycles. The SMILES string of the molecule is O=C(NCCc1cccc2[nH]ccc12)N1CC[C@H](CN2CCCC2)C1. The molecule has 1 atom stereocenters. The summed E-state index contributed by atoms with van der Waals surface area (Å²) in [5, 5.41) is 4.36. The van der Waals surface area contributed by atoms with Gasteiger partial charge in [-0.2, -0.15) is 0 Å². The fourth-order valence-corrected chi connectivity index (χ4v) is 4.28. The van der Waals surface area contributed by atoms with Gasteiger partial charge >= 0.3 is 6.03 Å². The molecule has 5 nitrogen and oxygen atoms in total. The number of carbonyl (C=O) groups excluding carboxylic acids is 1. The Morgan fingerprint density at radius 3 is 2.96 bits per heavy atom. The highest BCUT2D eigenvalue weighted by molar-refractivity contribution is 5.83. The van der Waals surface area contributed by atoms with E-state index in [0.29, 0.717) is 12.5 Å². The van der Waals surface area contributed by atoms with Crippen molar-refractivity contribution in [2.24, 2.45) is 5.92 Å². The summed E-state index contributed by atoms with van der Waals surface area (Å²) in [6, 6.07) is 8.51. The number of H-pyrrole nitrogens is 1. The second-order valence-corrected chi connectivity index (χ2v) is 7.45. The smallest absolute Gasteiger partial charge is 0.317 e. The fourth-order valence-electron chi connectivity index (χ4n) is 4.28. The van der Waals surface area contributed by atoms with Crippen LogP contribution in [0.1, 0.15) is 24.8 Å². The molecule has 134 valence electrons. The summed E-state index contributed by atoms with van der Waals surface area (Å²) in [6.45, 7) is 6.16. The van der Waals surface area contributed by atoms with Crippen molar-refractivity contribution >= 4 is 16.9 Å². The lowest BCUT2D eigenvalue weighted by atomic mass is 10.1. The summed E-state index contributed by atoms with van der Waals surface area (Å²) in [5.41, 5.74) is 2.44. The van der Waals surface area contributed by atoms with Crippen LogP contribution in [0, 0.1) is 5.92 Å². The molecule has 0 radical (unpaired) electrons. The van der Waals surface area contributed by atoms with Gasteiger partial charge in [0.15, 0.2) is 0 Å². The van der Waals surface area contributed by atoms with E-state index in [1.807, 2.05) is 11.1 Å². The van der Waals surface area contributed by atoms with Crippen molar-refractivity contribution in [3.05, 3.63) is 36.0 Å². The molecule has 0 aliphatic carbocycles. The lowest BCUT2D eigenvalue weighted by Gasteiger charge is -2.21. The summed E-state index contributed by atoms with van der Waals surface area (Å²) in [6.07, 6.45) is 6.66. The van der Waals surface area contributed by atoms with Crippen LogP contribution in [-0.2, 0) is 6.42 Å². The third-order valence-corrected chi connectivity index (χ3v) is 5.64. The predicted molar refractivity (Wildman–Crippen MR) is 101 cm³/mol. The van der Waals surface area contributed by atoms with E-state index in [4.69, 9.17) is 0 Å². The van der Waals surface area contributed by atoms with Crippen molar-refractivity contribution < 1.29 is 4.79 Å². The molecule has 4 rings (SSSR count). The highest BCUT2D eigenvalue weighted by atomic mass is 16.2. The Bertz CT molecular complexity index is 719. The molecule has 1 aromatic heterocycles. The molecular formula is C20H28N4O. The first-order chi connectivity index (χ1) is 12.3. The average Bonchev–Trinajstić information content (AvgIpc) is 3.37. The van der Waals surface area contributed by atoms with Gasteiger partial charge in [-0.15, -0.1) is 0 Å². The van der Waals surface area contributed by atoms with Crippen molar-refractivity contribution in [3.8, 4) is 0 Å². The first kappa shape index (κ1) is 16.5. The van der Waals surface area contributed by atoms with Crippen molar-refractivity contribution in [3.63, 3.8) is 0 Å². The molecule has 0 unspecified atom stereocenters. The van der Waals surface area contributed by atoms with Gasteiger partial charge in [-0.3, -0.25) is 0 Å². The van der Waals surface area contributed by atoms with Crippen LogP contribution in [-0.4, -0.2) is 60.1 Å². The van der Waals surface area contributed by atoms with Crippen LogP contribution in [0.25, 0.3) is 10.9 Å². The fraction of sp³-hybridized carbons (Fsp3) is 0.550. The number of likely N-dealkylation sites (tertiary alicyclic amines) is 2. The summed E-state index contributed by atoms with van der Waals surface area (Å²) in [7, 11) is 0.